The largest absolute Gasteiger partial charge is 0.508 e. The number of hydrogen-bond donors (Lipinski definition) is 5. The Labute approximate surface area is 431 Å². The molecule has 0 aliphatic carbocycles. The van der Waals surface area contributed by atoms with Crippen LogP contribution in [0.2, 0.25) is 0 Å². The summed E-state index contributed by atoms with van der Waals surface area (Å²) < 4.78 is 66.7. The molecule has 2 fully saturated rings. The molecule has 0 atom stereocenters. The van der Waals surface area contributed by atoms with E-state index in [1.807, 2.05) is 18.2 Å². The molecule has 0 radical (unpaired) electrons. The summed E-state index contributed by atoms with van der Waals surface area (Å²) in [5.41, 5.74) is 3.47. The standard InChI is InChI=1S/C27H33N3O4S2.C26H31N3O5S2/c1-34-24-11-5-10-22(19-24)27(31)29-20-25-12-13-26(35-25)36(32,33)30-17-14-23(15-18-30)28-16-6-9-21-7-3-2-4-8-21;1-34-23-4-2-3-20(17-23)26(31)28-18-24-9-10-25(35-24)36(32,33)29-15-12-21(13-16-29)27-14-11-19-5-7-22(30)8-6-19/h2-5,7-8,10-13,19,23,28H,6,9,14-18,20H2,1H3,(H,29,31);2-10,17,21,27,30H,11-16,18H2,1H3,(H,28,31). The van der Waals surface area contributed by atoms with Gasteiger partial charge in [-0.3, -0.25) is 9.59 Å². The van der Waals surface area contributed by atoms with Crippen LogP contribution in [0.15, 0.2) is 136 Å². The maximum atomic E-state index is 13.2. The Morgan fingerprint density at radius 3 is 1.50 bits per heavy atom. The number of phenolic OH excluding ortho intramolecular Hbond substituents is 1. The Kier molecular flexibility index (Phi) is 19.8. The number of methoxy groups -OCH3 is 2. The van der Waals surface area contributed by atoms with Crippen molar-refractivity contribution in [2.45, 2.75) is 78.5 Å². The van der Waals surface area contributed by atoms with Gasteiger partial charge in [-0.05, 0) is 142 Å². The second-order valence-electron chi connectivity index (χ2n) is 17.5. The van der Waals surface area contributed by atoms with Crippen LogP contribution in [0.1, 0.15) is 73.7 Å². The summed E-state index contributed by atoms with van der Waals surface area (Å²) in [5.74, 6) is 0.995. The molecule has 5 N–H and O–H groups in total. The molecule has 4 heterocycles. The molecule has 384 valence electrons. The highest BCUT2D eigenvalue weighted by atomic mass is 32.3. The number of benzene rings is 4. The molecule has 2 aliphatic heterocycles. The predicted octanol–water partition coefficient (Wildman–Crippen LogP) is 7.44. The first-order valence-electron chi connectivity index (χ1n) is 24.1. The predicted molar refractivity (Wildman–Crippen MR) is 283 cm³/mol. The minimum atomic E-state index is -3.56. The van der Waals surface area contributed by atoms with Gasteiger partial charge in [0.2, 0.25) is 0 Å². The zero-order chi connectivity index (χ0) is 50.9. The van der Waals surface area contributed by atoms with Crippen molar-refractivity contribution < 1.29 is 41.0 Å². The van der Waals surface area contributed by atoms with Crippen molar-refractivity contribution in [1.82, 2.24) is 29.9 Å². The van der Waals surface area contributed by atoms with Crippen LogP contribution in [-0.2, 0) is 46.0 Å². The van der Waals surface area contributed by atoms with Gasteiger partial charge >= 0.3 is 0 Å². The topological polar surface area (TPSA) is 196 Å². The van der Waals surface area contributed by atoms with Gasteiger partial charge in [-0.2, -0.15) is 8.61 Å². The molecule has 8 rings (SSSR count). The molecule has 19 heteroatoms. The number of aromatic hydroxyl groups is 1. The SMILES string of the molecule is COc1cccc(C(=O)NCc2ccc(S(=O)(=O)N3CCC(NCCCc4ccccc4)CC3)s2)c1.COc1cccc(C(=O)NCc2ccc(S(=O)(=O)N3CCC(NCCc4ccc(O)cc4)CC3)s2)c1. The Balaban J connectivity index is 0.000000211. The molecule has 2 aliphatic rings. The Morgan fingerprint density at radius 2 is 1.03 bits per heavy atom. The number of thiophene rings is 2. The summed E-state index contributed by atoms with van der Waals surface area (Å²) in [4.78, 5) is 26.4. The fraction of sp³-hybridized carbons (Fsp3) is 0.358. The first kappa shape index (κ1) is 54.1. The van der Waals surface area contributed by atoms with Gasteiger partial charge < -0.3 is 35.8 Å². The minimum Gasteiger partial charge on any atom is -0.508 e. The van der Waals surface area contributed by atoms with Gasteiger partial charge in [0.25, 0.3) is 31.9 Å². The van der Waals surface area contributed by atoms with Crippen molar-refractivity contribution in [2.24, 2.45) is 0 Å². The number of sulfonamides is 2. The van der Waals surface area contributed by atoms with Crippen LogP contribution in [0.5, 0.6) is 17.2 Å². The monoisotopic (exact) mass is 1060 g/mol. The lowest BCUT2D eigenvalue weighted by Crippen LogP contribution is -2.45. The maximum Gasteiger partial charge on any atom is 0.252 e. The molecule has 2 aromatic heterocycles. The van der Waals surface area contributed by atoms with Crippen molar-refractivity contribution in [3.63, 3.8) is 0 Å². The number of amides is 2. The highest BCUT2D eigenvalue weighted by Gasteiger charge is 2.32. The number of nitrogens with one attached hydrogen (secondary N) is 4. The first-order valence-corrected chi connectivity index (χ1v) is 28.6. The smallest absolute Gasteiger partial charge is 0.252 e. The van der Waals surface area contributed by atoms with Crippen LogP contribution in [0.4, 0.5) is 0 Å². The molecular formula is C53H64N6O9S4. The fourth-order valence-corrected chi connectivity index (χ4v) is 14.3. The average molecular weight is 1060 g/mol. The van der Waals surface area contributed by atoms with Crippen molar-refractivity contribution in [1.29, 1.82) is 0 Å². The number of piperidine rings is 2. The number of rotatable bonds is 21. The summed E-state index contributed by atoms with van der Waals surface area (Å²) >= 11 is 2.40. The lowest BCUT2D eigenvalue weighted by molar-refractivity contribution is 0.0943. The summed E-state index contributed by atoms with van der Waals surface area (Å²) in [6.45, 7) is 4.23. The van der Waals surface area contributed by atoms with Crippen LogP contribution in [0, 0.1) is 0 Å². The van der Waals surface area contributed by atoms with E-state index in [-0.39, 0.29) is 36.7 Å². The molecule has 0 spiro atoms. The first-order chi connectivity index (χ1) is 34.8. The van der Waals surface area contributed by atoms with Gasteiger partial charge in [-0.15, -0.1) is 22.7 Å². The second-order valence-corrected chi connectivity index (χ2v) is 24.2. The summed E-state index contributed by atoms with van der Waals surface area (Å²) in [6, 6.07) is 38.8. The second kappa shape index (κ2) is 26.4. The molecule has 0 unspecified atom stereocenters. The maximum absolute atomic E-state index is 13.2. The van der Waals surface area contributed by atoms with E-state index in [0.717, 1.165) is 73.4 Å². The van der Waals surface area contributed by atoms with Crippen molar-refractivity contribution in [3.05, 3.63) is 159 Å². The van der Waals surface area contributed by atoms with E-state index in [0.29, 0.717) is 63.3 Å². The highest BCUT2D eigenvalue weighted by molar-refractivity contribution is 7.91. The Morgan fingerprint density at radius 1 is 0.569 bits per heavy atom. The van der Waals surface area contributed by atoms with Crippen LogP contribution in [0.3, 0.4) is 0 Å². The average Bonchev–Trinajstić information content (AvgIpc) is 4.12. The molecule has 4 aromatic carbocycles. The molecule has 2 amide bonds. The van der Waals surface area contributed by atoms with Gasteiger partial charge in [0, 0.05) is 59.1 Å². The quantitative estimate of drug-likeness (QED) is 0.0450. The van der Waals surface area contributed by atoms with Crippen LogP contribution in [0.25, 0.3) is 0 Å². The van der Waals surface area contributed by atoms with E-state index in [2.05, 4.69) is 45.5 Å². The van der Waals surface area contributed by atoms with E-state index in [1.54, 1.807) is 108 Å². The van der Waals surface area contributed by atoms with Crippen molar-refractivity contribution >= 4 is 54.5 Å². The van der Waals surface area contributed by atoms with Gasteiger partial charge in [0.15, 0.2) is 0 Å². The molecule has 0 saturated carbocycles. The lowest BCUT2D eigenvalue weighted by Gasteiger charge is -2.31. The molecule has 0 bridgehead atoms. The summed E-state index contributed by atoms with van der Waals surface area (Å²) in [5, 5.41) is 22.2. The van der Waals surface area contributed by atoms with E-state index >= 15 is 0 Å². The number of nitrogens with zero attached hydrogens (tertiary/aromatic N) is 2. The molecule has 6 aromatic rings. The molecular weight excluding hydrogens is 993 g/mol. The fourth-order valence-electron chi connectivity index (χ4n) is 8.43. The van der Waals surface area contributed by atoms with Crippen LogP contribution < -0.4 is 30.7 Å². The van der Waals surface area contributed by atoms with E-state index in [9.17, 15) is 31.5 Å². The third kappa shape index (κ3) is 15.4. The van der Waals surface area contributed by atoms with Crippen molar-refractivity contribution in [2.75, 3.05) is 53.5 Å². The summed E-state index contributed by atoms with van der Waals surface area (Å²) in [6.07, 6.45) is 6.08. The molecule has 15 nitrogen and oxygen atoms in total. The number of hydrogen-bond acceptors (Lipinski definition) is 13. The van der Waals surface area contributed by atoms with E-state index in [1.165, 1.54) is 28.2 Å². The Bertz CT molecular complexity index is 2900. The number of aryl methyl sites for hydroxylation is 1. The zero-order valence-corrected chi connectivity index (χ0v) is 43.9. The van der Waals surface area contributed by atoms with Crippen LogP contribution in [-0.4, -0.2) is 108 Å². The van der Waals surface area contributed by atoms with Gasteiger partial charge in [0.05, 0.1) is 27.3 Å². The van der Waals surface area contributed by atoms with Crippen LogP contribution >= 0.6 is 22.7 Å². The third-order valence-corrected chi connectivity index (χ3v) is 19.5. The highest BCUT2D eigenvalue weighted by Crippen LogP contribution is 2.29. The van der Waals surface area contributed by atoms with E-state index < -0.39 is 20.0 Å². The third-order valence-electron chi connectivity index (χ3n) is 12.6. The van der Waals surface area contributed by atoms with Gasteiger partial charge in [-0.25, -0.2) is 16.8 Å². The van der Waals surface area contributed by atoms with E-state index in [4.69, 9.17) is 9.47 Å². The number of ether oxygens (including phenoxy) is 2. The van der Waals surface area contributed by atoms with Gasteiger partial charge in [0.1, 0.15) is 25.7 Å². The van der Waals surface area contributed by atoms with Crippen molar-refractivity contribution in [3.8, 4) is 17.2 Å². The normalized spacial score (nSPS) is 15.0. The van der Waals surface area contributed by atoms with Gasteiger partial charge in [-0.1, -0.05) is 54.6 Å². The Hall–Kier alpha value is -5.64. The number of phenols is 1. The number of carbonyl (C=O) groups is 2. The molecule has 2 saturated heterocycles. The summed E-state index contributed by atoms with van der Waals surface area (Å²) in [7, 11) is -3.99. The molecule has 72 heavy (non-hydrogen) atoms. The minimum absolute atomic E-state index is 0.231. The lowest BCUT2D eigenvalue weighted by atomic mass is 10.1. The zero-order valence-electron chi connectivity index (χ0n) is 40.6. The number of carbonyl (C=O) groups excluding carboxylic acids is 2.